The van der Waals surface area contributed by atoms with Crippen LogP contribution in [0.1, 0.15) is 46.0 Å². The molecule has 0 radical (unpaired) electrons. The molecule has 0 saturated carbocycles. The average molecular weight is 308 g/mol. The van der Waals surface area contributed by atoms with Crippen molar-refractivity contribution in [3.63, 3.8) is 0 Å². The molecule has 2 rings (SSSR count). The Morgan fingerprint density at radius 2 is 1.81 bits per heavy atom. The van der Waals surface area contributed by atoms with Gasteiger partial charge in [-0.05, 0) is 32.9 Å². The van der Waals surface area contributed by atoms with Gasteiger partial charge in [0, 0.05) is 42.2 Å². The van der Waals surface area contributed by atoms with Crippen molar-refractivity contribution in [1.29, 1.82) is 0 Å². The molecule has 1 aliphatic rings. The number of nitrogens with zero attached hydrogens (tertiary/aromatic N) is 2. The SMILES string of the molecule is CC1CN(Cc2cccc(CNC(C)(C)C)n2)CC(C)S1. The van der Waals surface area contributed by atoms with Gasteiger partial charge in [0.15, 0.2) is 0 Å². The molecule has 1 aromatic rings. The Hall–Kier alpha value is -0.580. The largest absolute Gasteiger partial charge is 0.306 e. The molecule has 21 heavy (non-hydrogen) atoms. The fourth-order valence-electron chi connectivity index (χ4n) is 2.71. The molecule has 118 valence electrons. The van der Waals surface area contributed by atoms with E-state index < -0.39 is 0 Å². The van der Waals surface area contributed by atoms with E-state index in [9.17, 15) is 0 Å². The Morgan fingerprint density at radius 1 is 1.19 bits per heavy atom. The van der Waals surface area contributed by atoms with Crippen molar-refractivity contribution in [2.24, 2.45) is 0 Å². The minimum absolute atomic E-state index is 0.132. The molecule has 1 N–H and O–H groups in total. The van der Waals surface area contributed by atoms with Crippen molar-refractivity contribution in [3.05, 3.63) is 29.6 Å². The summed E-state index contributed by atoms with van der Waals surface area (Å²) in [5.74, 6) is 0. The molecule has 0 aromatic carbocycles. The van der Waals surface area contributed by atoms with Crippen LogP contribution in [-0.4, -0.2) is 39.0 Å². The van der Waals surface area contributed by atoms with Gasteiger partial charge in [0.2, 0.25) is 0 Å². The van der Waals surface area contributed by atoms with Gasteiger partial charge >= 0.3 is 0 Å². The summed E-state index contributed by atoms with van der Waals surface area (Å²) in [6.07, 6.45) is 0. The van der Waals surface area contributed by atoms with Crippen molar-refractivity contribution in [2.45, 2.75) is 63.7 Å². The first-order valence-corrected chi connectivity index (χ1v) is 8.84. The molecule has 2 heterocycles. The zero-order valence-electron chi connectivity index (χ0n) is 14.0. The summed E-state index contributed by atoms with van der Waals surface area (Å²) in [6, 6.07) is 6.39. The molecule has 4 heteroatoms. The maximum Gasteiger partial charge on any atom is 0.0547 e. The van der Waals surface area contributed by atoms with Crippen LogP contribution in [-0.2, 0) is 13.1 Å². The lowest BCUT2D eigenvalue weighted by Gasteiger charge is -2.34. The second-order valence-corrected chi connectivity index (χ2v) is 9.06. The third-order valence-electron chi connectivity index (χ3n) is 3.55. The van der Waals surface area contributed by atoms with Crippen LogP contribution in [0.25, 0.3) is 0 Å². The van der Waals surface area contributed by atoms with E-state index in [1.54, 1.807) is 0 Å². The first kappa shape index (κ1) is 16.8. The van der Waals surface area contributed by atoms with Crippen LogP contribution in [0, 0.1) is 0 Å². The van der Waals surface area contributed by atoms with E-state index in [2.05, 4.69) is 74.8 Å². The Balaban J connectivity index is 1.94. The predicted octanol–water partition coefficient (Wildman–Crippen LogP) is 3.30. The Bertz CT molecular complexity index is 446. The number of nitrogens with one attached hydrogen (secondary N) is 1. The summed E-state index contributed by atoms with van der Waals surface area (Å²) in [5.41, 5.74) is 2.46. The molecule has 3 nitrogen and oxygen atoms in total. The second kappa shape index (κ2) is 7.12. The molecule has 1 saturated heterocycles. The summed E-state index contributed by atoms with van der Waals surface area (Å²) >= 11 is 2.10. The molecule has 0 amide bonds. The van der Waals surface area contributed by atoms with E-state index in [0.29, 0.717) is 0 Å². The Labute approximate surface area is 133 Å². The van der Waals surface area contributed by atoms with E-state index in [4.69, 9.17) is 4.98 Å². The van der Waals surface area contributed by atoms with Crippen molar-refractivity contribution in [3.8, 4) is 0 Å². The third kappa shape index (κ3) is 5.97. The van der Waals surface area contributed by atoms with Crippen LogP contribution < -0.4 is 5.32 Å². The zero-order valence-corrected chi connectivity index (χ0v) is 14.8. The van der Waals surface area contributed by atoms with Gasteiger partial charge in [0.25, 0.3) is 0 Å². The summed E-state index contributed by atoms with van der Waals surface area (Å²) in [7, 11) is 0. The molecule has 1 fully saturated rings. The average Bonchev–Trinajstić information content (AvgIpc) is 2.35. The van der Waals surface area contributed by atoms with Gasteiger partial charge < -0.3 is 5.32 Å². The number of hydrogen-bond donors (Lipinski definition) is 1. The lowest BCUT2D eigenvalue weighted by molar-refractivity contribution is 0.259. The highest BCUT2D eigenvalue weighted by molar-refractivity contribution is 8.00. The van der Waals surface area contributed by atoms with Crippen molar-refractivity contribution in [1.82, 2.24) is 15.2 Å². The molecule has 1 aromatic heterocycles. The van der Waals surface area contributed by atoms with Gasteiger partial charge in [0.1, 0.15) is 0 Å². The van der Waals surface area contributed by atoms with E-state index in [0.717, 1.165) is 29.3 Å². The quantitative estimate of drug-likeness (QED) is 0.924. The molecule has 2 unspecified atom stereocenters. The van der Waals surface area contributed by atoms with Crippen molar-refractivity contribution < 1.29 is 0 Å². The number of hydrogen-bond acceptors (Lipinski definition) is 4. The van der Waals surface area contributed by atoms with Gasteiger partial charge in [-0.15, -0.1) is 0 Å². The highest BCUT2D eigenvalue weighted by atomic mass is 32.2. The maximum atomic E-state index is 4.81. The molecule has 0 bridgehead atoms. The molecular weight excluding hydrogens is 278 g/mol. The molecule has 2 atom stereocenters. The molecular formula is C17H29N3S. The third-order valence-corrected chi connectivity index (χ3v) is 4.77. The first-order chi connectivity index (χ1) is 9.82. The predicted molar refractivity (Wildman–Crippen MR) is 92.6 cm³/mol. The summed E-state index contributed by atoms with van der Waals surface area (Å²) in [6.45, 7) is 15.3. The first-order valence-electron chi connectivity index (χ1n) is 7.89. The van der Waals surface area contributed by atoms with E-state index >= 15 is 0 Å². The van der Waals surface area contributed by atoms with Crippen LogP contribution in [0.4, 0.5) is 0 Å². The highest BCUT2D eigenvalue weighted by Crippen LogP contribution is 2.25. The van der Waals surface area contributed by atoms with Crippen LogP contribution in [0.2, 0.25) is 0 Å². The molecule has 1 aliphatic heterocycles. The standard InChI is InChI=1S/C17H29N3S/c1-13-10-20(11-14(2)21-13)12-16-8-6-7-15(19-16)9-18-17(3,4)5/h6-8,13-14,18H,9-12H2,1-5H3. The lowest BCUT2D eigenvalue weighted by Crippen LogP contribution is -2.40. The highest BCUT2D eigenvalue weighted by Gasteiger charge is 2.22. The van der Waals surface area contributed by atoms with Crippen LogP contribution in [0.3, 0.4) is 0 Å². The monoisotopic (exact) mass is 307 g/mol. The number of thioether (sulfide) groups is 1. The fraction of sp³-hybridized carbons (Fsp3) is 0.706. The molecule has 0 aliphatic carbocycles. The van der Waals surface area contributed by atoms with E-state index in [1.165, 1.54) is 18.8 Å². The lowest BCUT2D eigenvalue weighted by atomic mass is 10.1. The van der Waals surface area contributed by atoms with Crippen LogP contribution >= 0.6 is 11.8 Å². The second-order valence-electron chi connectivity index (χ2n) is 7.18. The van der Waals surface area contributed by atoms with Crippen LogP contribution in [0.15, 0.2) is 18.2 Å². The molecule has 0 spiro atoms. The minimum atomic E-state index is 0.132. The van der Waals surface area contributed by atoms with Crippen LogP contribution in [0.5, 0.6) is 0 Å². The normalized spacial score (nSPS) is 24.2. The van der Waals surface area contributed by atoms with E-state index in [1.807, 2.05) is 0 Å². The number of aromatic nitrogens is 1. The van der Waals surface area contributed by atoms with Crippen molar-refractivity contribution >= 4 is 11.8 Å². The van der Waals surface area contributed by atoms with Gasteiger partial charge in [-0.1, -0.05) is 19.9 Å². The van der Waals surface area contributed by atoms with Gasteiger partial charge in [-0.2, -0.15) is 11.8 Å². The summed E-state index contributed by atoms with van der Waals surface area (Å²) < 4.78 is 0. The van der Waals surface area contributed by atoms with Gasteiger partial charge in [-0.25, -0.2) is 0 Å². The van der Waals surface area contributed by atoms with E-state index in [-0.39, 0.29) is 5.54 Å². The smallest absolute Gasteiger partial charge is 0.0547 e. The summed E-state index contributed by atoms with van der Waals surface area (Å²) in [4.78, 5) is 7.35. The number of rotatable bonds is 4. The topological polar surface area (TPSA) is 28.2 Å². The van der Waals surface area contributed by atoms with Gasteiger partial charge in [0.05, 0.1) is 11.4 Å². The Kier molecular flexibility index (Phi) is 5.69. The summed E-state index contributed by atoms with van der Waals surface area (Å²) in [5, 5.41) is 4.95. The fourth-order valence-corrected chi connectivity index (χ4v) is 4.10. The minimum Gasteiger partial charge on any atom is -0.306 e. The van der Waals surface area contributed by atoms with Gasteiger partial charge in [-0.3, -0.25) is 9.88 Å². The Morgan fingerprint density at radius 3 is 2.43 bits per heavy atom. The maximum absolute atomic E-state index is 4.81. The zero-order chi connectivity index (χ0) is 15.5. The number of pyridine rings is 1. The van der Waals surface area contributed by atoms with Crippen molar-refractivity contribution in [2.75, 3.05) is 13.1 Å².